The summed E-state index contributed by atoms with van der Waals surface area (Å²) in [6.07, 6.45) is 1.65. The van der Waals surface area contributed by atoms with Crippen LogP contribution in [0.25, 0.3) is 11.4 Å². The molecular weight excluding hydrogens is 186 g/mol. The van der Waals surface area contributed by atoms with Crippen molar-refractivity contribution in [3.8, 4) is 11.4 Å². The lowest BCUT2D eigenvalue weighted by molar-refractivity contribution is 0.768. The highest BCUT2D eigenvalue weighted by atomic mass is 35.5. The van der Waals surface area contributed by atoms with Gasteiger partial charge in [0.1, 0.15) is 6.33 Å². The molecule has 0 saturated heterocycles. The molecule has 2 aromatic rings. The van der Waals surface area contributed by atoms with Gasteiger partial charge in [0.25, 0.3) is 0 Å². The molecule has 0 amide bonds. The van der Waals surface area contributed by atoms with Crippen LogP contribution in [0, 0.1) is 0 Å². The molecular formula is C9H8ClN3. The Bertz CT molecular complexity index is 422. The maximum Gasteiger partial charge on any atom is 0.182 e. The zero-order valence-electron chi connectivity index (χ0n) is 7.11. The van der Waals surface area contributed by atoms with Crippen molar-refractivity contribution in [2.45, 2.75) is 0 Å². The first kappa shape index (κ1) is 8.26. The van der Waals surface area contributed by atoms with E-state index in [1.54, 1.807) is 11.0 Å². The third-order valence-corrected chi connectivity index (χ3v) is 2.04. The molecule has 1 aromatic heterocycles. The van der Waals surface area contributed by atoms with Gasteiger partial charge in [0.2, 0.25) is 0 Å². The summed E-state index contributed by atoms with van der Waals surface area (Å²) < 4.78 is 1.65. The lowest BCUT2D eigenvalue weighted by atomic mass is 10.2. The van der Waals surface area contributed by atoms with E-state index in [1.807, 2.05) is 31.3 Å². The van der Waals surface area contributed by atoms with Crippen LogP contribution in [-0.2, 0) is 7.05 Å². The number of benzene rings is 1. The van der Waals surface area contributed by atoms with Crippen molar-refractivity contribution in [2.24, 2.45) is 7.05 Å². The summed E-state index contributed by atoms with van der Waals surface area (Å²) in [5.74, 6) is 0.660. The predicted molar refractivity (Wildman–Crippen MR) is 51.4 cm³/mol. The third kappa shape index (κ3) is 1.55. The molecule has 0 aliphatic carbocycles. The van der Waals surface area contributed by atoms with E-state index in [0.29, 0.717) is 10.8 Å². The summed E-state index contributed by atoms with van der Waals surface area (Å²) in [7, 11) is 1.83. The minimum absolute atomic E-state index is 0.660. The maximum absolute atomic E-state index is 5.98. The number of hydrogen-bond donors (Lipinski definition) is 0. The van der Waals surface area contributed by atoms with Gasteiger partial charge in [-0.05, 0) is 12.1 Å². The SMILES string of the molecule is Cn1cnc(-c2ccccc2Cl)n1. The van der Waals surface area contributed by atoms with Gasteiger partial charge in [0, 0.05) is 12.6 Å². The fourth-order valence-corrected chi connectivity index (χ4v) is 1.33. The van der Waals surface area contributed by atoms with E-state index in [2.05, 4.69) is 10.1 Å². The average molecular weight is 194 g/mol. The molecule has 4 heteroatoms. The number of hydrogen-bond acceptors (Lipinski definition) is 2. The van der Waals surface area contributed by atoms with E-state index >= 15 is 0 Å². The Morgan fingerprint density at radius 2 is 2.08 bits per heavy atom. The van der Waals surface area contributed by atoms with Crippen LogP contribution in [0.2, 0.25) is 5.02 Å². The van der Waals surface area contributed by atoms with Gasteiger partial charge in [-0.25, -0.2) is 4.98 Å². The average Bonchev–Trinajstić information content (AvgIpc) is 2.53. The number of halogens is 1. The lowest BCUT2D eigenvalue weighted by Crippen LogP contribution is -1.88. The quantitative estimate of drug-likeness (QED) is 0.695. The lowest BCUT2D eigenvalue weighted by Gasteiger charge is -1.96. The van der Waals surface area contributed by atoms with Gasteiger partial charge >= 0.3 is 0 Å². The first-order valence-corrected chi connectivity index (χ1v) is 4.26. The molecule has 0 spiro atoms. The van der Waals surface area contributed by atoms with Gasteiger partial charge in [-0.15, -0.1) is 0 Å². The largest absolute Gasteiger partial charge is 0.255 e. The van der Waals surface area contributed by atoms with E-state index in [-0.39, 0.29) is 0 Å². The van der Waals surface area contributed by atoms with Gasteiger partial charge in [0.05, 0.1) is 5.02 Å². The molecule has 0 aliphatic heterocycles. The molecule has 0 fully saturated rings. The Labute approximate surface area is 81.0 Å². The zero-order valence-corrected chi connectivity index (χ0v) is 7.86. The number of aryl methyl sites for hydroxylation is 1. The normalized spacial score (nSPS) is 10.3. The summed E-state index contributed by atoms with van der Waals surface area (Å²) in [6.45, 7) is 0. The van der Waals surface area contributed by atoms with Crippen LogP contribution in [0.4, 0.5) is 0 Å². The summed E-state index contributed by atoms with van der Waals surface area (Å²) in [4.78, 5) is 4.11. The predicted octanol–water partition coefficient (Wildman–Crippen LogP) is 2.14. The van der Waals surface area contributed by atoms with Crippen LogP contribution < -0.4 is 0 Å². The second kappa shape index (κ2) is 3.18. The second-order valence-electron chi connectivity index (χ2n) is 2.72. The van der Waals surface area contributed by atoms with Crippen molar-refractivity contribution in [1.82, 2.24) is 14.8 Å². The highest BCUT2D eigenvalue weighted by Gasteiger charge is 2.05. The standard InChI is InChI=1S/C9H8ClN3/c1-13-6-11-9(12-13)7-4-2-3-5-8(7)10/h2-6H,1H3. The molecule has 3 nitrogen and oxygen atoms in total. The van der Waals surface area contributed by atoms with Crippen LogP contribution in [0.1, 0.15) is 0 Å². The van der Waals surface area contributed by atoms with Gasteiger partial charge in [0.15, 0.2) is 5.82 Å². The molecule has 1 heterocycles. The maximum atomic E-state index is 5.98. The van der Waals surface area contributed by atoms with Crippen LogP contribution in [0.5, 0.6) is 0 Å². The summed E-state index contributed by atoms with van der Waals surface area (Å²) in [6, 6.07) is 7.53. The number of nitrogens with zero attached hydrogens (tertiary/aromatic N) is 3. The number of rotatable bonds is 1. The van der Waals surface area contributed by atoms with E-state index in [9.17, 15) is 0 Å². The summed E-state index contributed by atoms with van der Waals surface area (Å²) in [5, 5.41) is 4.84. The molecule has 0 radical (unpaired) electrons. The van der Waals surface area contributed by atoms with E-state index in [4.69, 9.17) is 11.6 Å². The Balaban J connectivity index is 2.52. The molecule has 0 saturated carbocycles. The van der Waals surface area contributed by atoms with Crippen LogP contribution in [0.15, 0.2) is 30.6 Å². The van der Waals surface area contributed by atoms with Crippen LogP contribution in [0.3, 0.4) is 0 Å². The Kier molecular flexibility index (Phi) is 2.02. The van der Waals surface area contributed by atoms with Crippen LogP contribution in [-0.4, -0.2) is 14.8 Å². The molecule has 13 heavy (non-hydrogen) atoms. The highest BCUT2D eigenvalue weighted by Crippen LogP contribution is 2.23. The van der Waals surface area contributed by atoms with Crippen LogP contribution >= 0.6 is 11.6 Å². The van der Waals surface area contributed by atoms with E-state index in [1.165, 1.54) is 0 Å². The van der Waals surface area contributed by atoms with Crippen molar-refractivity contribution in [3.05, 3.63) is 35.6 Å². The van der Waals surface area contributed by atoms with E-state index in [0.717, 1.165) is 5.56 Å². The van der Waals surface area contributed by atoms with Gasteiger partial charge in [-0.1, -0.05) is 23.7 Å². The zero-order chi connectivity index (χ0) is 9.26. The van der Waals surface area contributed by atoms with Crippen molar-refractivity contribution in [3.63, 3.8) is 0 Å². The molecule has 0 bridgehead atoms. The fourth-order valence-electron chi connectivity index (χ4n) is 1.11. The molecule has 0 unspecified atom stereocenters. The van der Waals surface area contributed by atoms with Crippen molar-refractivity contribution in [1.29, 1.82) is 0 Å². The molecule has 66 valence electrons. The minimum atomic E-state index is 0.660. The Hall–Kier alpha value is -1.35. The van der Waals surface area contributed by atoms with Crippen molar-refractivity contribution < 1.29 is 0 Å². The van der Waals surface area contributed by atoms with Gasteiger partial charge in [-0.3, -0.25) is 4.68 Å². The van der Waals surface area contributed by atoms with Crippen molar-refractivity contribution in [2.75, 3.05) is 0 Å². The number of aromatic nitrogens is 3. The fraction of sp³-hybridized carbons (Fsp3) is 0.111. The first-order valence-electron chi connectivity index (χ1n) is 3.88. The summed E-state index contributed by atoms with van der Waals surface area (Å²) in [5.41, 5.74) is 0.866. The minimum Gasteiger partial charge on any atom is -0.255 e. The first-order chi connectivity index (χ1) is 6.27. The Morgan fingerprint density at radius 1 is 1.31 bits per heavy atom. The smallest absolute Gasteiger partial charge is 0.182 e. The van der Waals surface area contributed by atoms with Gasteiger partial charge < -0.3 is 0 Å². The molecule has 0 N–H and O–H groups in total. The molecule has 1 aromatic carbocycles. The summed E-state index contributed by atoms with van der Waals surface area (Å²) >= 11 is 5.98. The highest BCUT2D eigenvalue weighted by molar-refractivity contribution is 6.33. The monoisotopic (exact) mass is 193 g/mol. The topological polar surface area (TPSA) is 30.7 Å². The third-order valence-electron chi connectivity index (χ3n) is 1.71. The van der Waals surface area contributed by atoms with E-state index < -0.39 is 0 Å². The molecule has 2 rings (SSSR count). The Morgan fingerprint density at radius 3 is 2.69 bits per heavy atom. The second-order valence-corrected chi connectivity index (χ2v) is 3.13. The van der Waals surface area contributed by atoms with Crippen molar-refractivity contribution >= 4 is 11.6 Å². The molecule has 0 aliphatic rings. The molecule has 0 atom stereocenters. The van der Waals surface area contributed by atoms with Gasteiger partial charge in [-0.2, -0.15) is 5.10 Å².